The fourth-order valence-corrected chi connectivity index (χ4v) is 2.93. The highest BCUT2D eigenvalue weighted by molar-refractivity contribution is 6.36. The van der Waals surface area contributed by atoms with E-state index in [2.05, 4.69) is 15.5 Å². The molecule has 0 saturated carbocycles. The molecule has 2 aromatic carbocycles. The van der Waals surface area contributed by atoms with Crippen LogP contribution in [0.5, 0.6) is 0 Å². The van der Waals surface area contributed by atoms with Crippen molar-refractivity contribution in [2.45, 2.75) is 19.4 Å². The summed E-state index contributed by atoms with van der Waals surface area (Å²) >= 11 is 12.0. The van der Waals surface area contributed by atoms with Gasteiger partial charge in [0.05, 0.1) is 12.8 Å². The molecular weight excluding hydrogens is 423 g/mol. The van der Waals surface area contributed by atoms with E-state index < -0.39 is 22.9 Å². The van der Waals surface area contributed by atoms with E-state index in [1.54, 1.807) is 42.5 Å². The van der Waals surface area contributed by atoms with Gasteiger partial charge in [-0.1, -0.05) is 53.5 Å². The van der Waals surface area contributed by atoms with Crippen molar-refractivity contribution in [1.82, 2.24) is 10.6 Å². The van der Waals surface area contributed by atoms with Gasteiger partial charge in [0.2, 0.25) is 17.8 Å². The van der Waals surface area contributed by atoms with E-state index in [0.717, 1.165) is 0 Å². The second kappa shape index (κ2) is 10.4. The minimum Gasteiger partial charge on any atom is -0.309 e. The van der Waals surface area contributed by atoms with E-state index in [0.29, 0.717) is 26.7 Å². The van der Waals surface area contributed by atoms with Crippen LogP contribution in [0.4, 0.5) is 0 Å². The zero-order chi connectivity index (χ0) is 21.4. The Morgan fingerprint density at radius 2 is 1.55 bits per heavy atom. The lowest BCUT2D eigenvalue weighted by Crippen LogP contribution is -2.44. The number of amides is 2. The van der Waals surface area contributed by atoms with Crippen LogP contribution in [0.2, 0.25) is 10.0 Å². The maximum atomic E-state index is 12.1. The maximum absolute atomic E-state index is 12.1. The molecule has 9 nitrogen and oxygen atoms in total. The van der Waals surface area contributed by atoms with Crippen LogP contribution < -0.4 is 10.6 Å². The van der Waals surface area contributed by atoms with E-state index >= 15 is 0 Å². The van der Waals surface area contributed by atoms with Gasteiger partial charge in [-0.15, -0.1) is 10.1 Å². The third-order valence-corrected chi connectivity index (χ3v) is 4.33. The Bertz CT molecular complexity index is 931. The summed E-state index contributed by atoms with van der Waals surface area (Å²) in [7, 11) is 0. The Balaban J connectivity index is 1.86. The Hall–Kier alpha value is -3.17. The molecule has 2 amide bonds. The van der Waals surface area contributed by atoms with E-state index in [9.17, 15) is 19.7 Å². The van der Waals surface area contributed by atoms with Crippen molar-refractivity contribution in [3.63, 3.8) is 0 Å². The highest BCUT2D eigenvalue weighted by atomic mass is 35.5. The molecule has 0 unspecified atom stereocenters. The Labute approximate surface area is 175 Å². The van der Waals surface area contributed by atoms with Crippen LogP contribution >= 0.6 is 23.2 Å². The van der Waals surface area contributed by atoms with Gasteiger partial charge in [-0.05, 0) is 28.8 Å². The standard InChI is InChI=1S/C18H16Cl2N4O5/c19-14-5-2-6-15(20)13(14)9-17(26)23-18(21)22-16(25)8-11-3-1-4-12(7-11)10-29-24(27)28/h1-7H,8-10H2,(H3,21,22,23,25,26). The van der Waals surface area contributed by atoms with Gasteiger partial charge >= 0.3 is 0 Å². The lowest BCUT2D eigenvalue weighted by Gasteiger charge is -2.10. The van der Waals surface area contributed by atoms with Crippen molar-refractivity contribution in [2.75, 3.05) is 0 Å². The first-order valence-corrected chi connectivity index (χ1v) is 8.96. The molecule has 0 saturated heterocycles. The normalized spacial score (nSPS) is 10.1. The molecule has 0 heterocycles. The average Bonchev–Trinajstić information content (AvgIpc) is 2.63. The van der Waals surface area contributed by atoms with Crippen molar-refractivity contribution >= 4 is 41.0 Å². The molecule has 2 aromatic rings. The monoisotopic (exact) mass is 438 g/mol. The number of guanidine groups is 1. The SMILES string of the molecule is N=C(NC(=O)Cc1cccc(CO[N+](=O)[O-])c1)NC(=O)Cc1c(Cl)cccc1Cl. The molecule has 2 rings (SSSR count). The molecule has 0 spiro atoms. The minimum atomic E-state index is -0.904. The van der Waals surface area contributed by atoms with Crippen molar-refractivity contribution < 1.29 is 19.5 Å². The molecule has 0 aliphatic rings. The molecule has 0 bridgehead atoms. The molecule has 0 atom stereocenters. The van der Waals surface area contributed by atoms with Crippen molar-refractivity contribution in [3.8, 4) is 0 Å². The molecule has 3 N–H and O–H groups in total. The first kappa shape index (κ1) is 22.1. The first-order valence-electron chi connectivity index (χ1n) is 8.21. The van der Waals surface area contributed by atoms with Crippen LogP contribution in [0.1, 0.15) is 16.7 Å². The Morgan fingerprint density at radius 3 is 2.17 bits per heavy atom. The fraction of sp³-hybridized carbons (Fsp3) is 0.167. The van der Waals surface area contributed by atoms with E-state index in [4.69, 9.17) is 28.6 Å². The number of carbonyl (C=O) groups excluding carboxylic acids is 2. The summed E-state index contributed by atoms with van der Waals surface area (Å²) in [5.41, 5.74) is 1.50. The minimum absolute atomic E-state index is 0.0963. The van der Waals surface area contributed by atoms with Crippen molar-refractivity contribution in [1.29, 1.82) is 5.41 Å². The molecule has 0 aromatic heterocycles. The number of nitrogens with one attached hydrogen (secondary N) is 3. The van der Waals surface area contributed by atoms with Gasteiger partial charge in [0.15, 0.2) is 0 Å². The van der Waals surface area contributed by atoms with E-state index in [1.165, 1.54) is 0 Å². The number of carbonyl (C=O) groups is 2. The van der Waals surface area contributed by atoms with Gasteiger partial charge in [0.25, 0.3) is 5.09 Å². The van der Waals surface area contributed by atoms with Crippen LogP contribution in [0, 0.1) is 15.5 Å². The van der Waals surface area contributed by atoms with Crippen molar-refractivity contribution in [3.05, 3.63) is 79.3 Å². The predicted octanol–water partition coefficient (Wildman–Crippen LogP) is 2.65. The molecule has 11 heteroatoms. The molecule has 0 radical (unpaired) electrons. The first-order chi connectivity index (χ1) is 13.7. The smallest absolute Gasteiger partial charge is 0.294 e. The number of rotatable bonds is 7. The number of benzene rings is 2. The van der Waals surface area contributed by atoms with Gasteiger partial charge in [0, 0.05) is 10.0 Å². The van der Waals surface area contributed by atoms with Gasteiger partial charge in [-0.25, -0.2) is 0 Å². The van der Waals surface area contributed by atoms with Gasteiger partial charge in [-0.3, -0.25) is 25.6 Å². The molecule has 0 aliphatic heterocycles. The van der Waals surface area contributed by atoms with Gasteiger partial charge in [0.1, 0.15) is 6.61 Å². The van der Waals surface area contributed by atoms with Crippen LogP contribution in [-0.4, -0.2) is 22.9 Å². The number of hydrogen-bond acceptors (Lipinski definition) is 6. The van der Waals surface area contributed by atoms with Crippen LogP contribution in [0.15, 0.2) is 42.5 Å². The van der Waals surface area contributed by atoms with Crippen LogP contribution in [0.25, 0.3) is 0 Å². The Kier molecular flexibility index (Phi) is 7.93. The molecule has 152 valence electrons. The predicted molar refractivity (Wildman–Crippen MR) is 106 cm³/mol. The van der Waals surface area contributed by atoms with Crippen LogP contribution in [-0.2, 0) is 33.9 Å². The molecule has 0 fully saturated rings. The molecular formula is C18H16Cl2N4O5. The second-order valence-electron chi connectivity index (χ2n) is 5.84. The summed E-state index contributed by atoms with van der Waals surface area (Å²) in [4.78, 5) is 38.6. The topological polar surface area (TPSA) is 134 Å². The largest absolute Gasteiger partial charge is 0.309 e. The summed E-state index contributed by atoms with van der Waals surface area (Å²) in [5, 5.41) is 22.2. The van der Waals surface area contributed by atoms with E-state index in [-0.39, 0.29) is 19.4 Å². The van der Waals surface area contributed by atoms with Gasteiger partial charge < -0.3 is 4.84 Å². The molecule has 0 aliphatic carbocycles. The quantitative estimate of drug-likeness (QED) is 0.264. The summed E-state index contributed by atoms with van der Waals surface area (Å²) in [6, 6.07) is 11.3. The van der Waals surface area contributed by atoms with Gasteiger partial charge in [-0.2, -0.15) is 0 Å². The Morgan fingerprint density at radius 1 is 1.00 bits per heavy atom. The highest BCUT2D eigenvalue weighted by Crippen LogP contribution is 2.24. The lowest BCUT2D eigenvalue weighted by atomic mass is 10.1. The second-order valence-corrected chi connectivity index (χ2v) is 6.66. The number of nitrogens with zero attached hydrogens (tertiary/aromatic N) is 1. The number of hydrogen-bond donors (Lipinski definition) is 3. The zero-order valence-corrected chi connectivity index (χ0v) is 16.4. The third kappa shape index (κ3) is 7.40. The lowest BCUT2D eigenvalue weighted by molar-refractivity contribution is -0.763. The van der Waals surface area contributed by atoms with Crippen molar-refractivity contribution in [2.24, 2.45) is 0 Å². The maximum Gasteiger partial charge on any atom is 0.294 e. The third-order valence-electron chi connectivity index (χ3n) is 3.62. The molecule has 29 heavy (non-hydrogen) atoms. The highest BCUT2D eigenvalue weighted by Gasteiger charge is 2.13. The van der Waals surface area contributed by atoms with Crippen LogP contribution in [0.3, 0.4) is 0 Å². The summed E-state index contributed by atoms with van der Waals surface area (Å²) in [6.07, 6.45) is -0.254. The van der Waals surface area contributed by atoms with E-state index in [1.807, 2.05) is 0 Å². The fourth-order valence-electron chi connectivity index (χ4n) is 2.40. The summed E-state index contributed by atoms with van der Waals surface area (Å²) in [6.45, 7) is -0.237. The summed E-state index contributed by atoms with van der Waals surface area (Å²) in [5.74, 6) is -1.60. The number of halogens is 2. The zero-order valence-electron chi connectivity index (χ0n) is 14.9. The average molecular weight is 439 g/mol. The summed E-state index contributed by atoms with van der Waals surface area (Å²) < 4.78 is 0.